The first-order valence-corrected chi connectivity index (χ1v) is 5.29. The number of piperidine rings is 1. The van der Waals surface area contributed by atoms with Crippen LogP contribution in [0.25, 0.3) is 0 Å². The average molecular weight is 185 g/mol. The van der Waals surface area contributed by atoms with E-state index in [1.807, 2.05) is 0 Å². The predicted octanol–water partition coefficient (Wildman–Crippen LogP) is 0.219. The molecule has 1 aliphatic rings. The van der Waals surface area contributed by atoms with E-state index in [0.29, 0.717) is 0 Å². The largest absolute Gasteiger partial charge is 0.330 e. The van der Waals surface area contributed by atoms with Crippen molar-refractivity contribution in [2.75, 3.05) is 46.8 Å². The van der Waals surface area contributed by atoms with Gasteiger partial charge in [0.2, 0.25) is 0 Å². The van der Waals surface area contributed by atoms with Crippen LogP contribution in [0.1, 0.15) is 12.8 Å². The number of likely N-dealkylation sites (N-methyl/N-ethyl adjacent to an activating group) is 1. The molecule has 0 amide bonds. The fraction of sp³-hybridized carbons (Fsp3) is 1.00. The monoisotopic (exact) mass is 185 g/mol. The van der Waals surface area contributed by atoms with Crippen molar-refractivity contribution in [3.8, 4) is 0 Å². The van der Waals surface area contributed by atoms with Gasteiger partial charge in [-0.3, -0.25) is 0 Å². The van der Waals surface area contributed by atoms with Gasteiger partial charge in [-0.15, -0.1) is 0 Å². The van der Waals surface area contributed by atoms with Gasteiger partial charge < -0.3 is 15.5 Å². The van der Waals surface area contributed by atoms with Crippen LogP contribution in [0.4, 0.5) is 0 Å². The predicted molar refractivity (Wildman–Crippen MR) is 56.8 cm³/mol. The molecule has 1 saturated heterocycles. The first-order valence-electron chi connectivity index (χ1n) is 5.29. The zero-order chi connectivity index (χ0) is 9.68. The minimum atomic E-state index is 0.788. The first-order chi connectivity index (χ1) is 6.22. The Morgan fingerprint density at radius 2 is 1.92 bits per heavy atom. The summed E-state index contributed by atoms with van der Waals surface area (Å²) in [6, 6.07) is 0. The van der Waals surface area contributed by atoms with Crippen LogP contribution < -0.4 is 5.73 Å². The van der Waals surface area contributed by atoms with Gasteiger partial charge in [0, 0.05) is 13.1 Å². The lowest BCUT2D eigenvalue weighted by Gasteiger charge is -2.31. The Balaban J connectivity index is 2.10. The summed E-state index contributed by atoms with van der Waals surface area (Å²) in [6.07, 6.45) is 2.59. The van der Waals surface area contributed by atoms with Crippen molar-refractivity contribution >= 4 is 0 Å². The number of rotatable bonds is 4. The molecule has 0 aromatic carbocycles. The van der Waals surface area contributed by atoms with Crippen molar-refractivity contribution in [2.24, 2.45) is 11.7 Å². The highest BCUT2D eigenvalue weighted by Gasteiger charge is 2.17. The van der Waals surface area contributed by atoms with E-state index in [2.05, 4.69) is 23.9 Å². The molecular formula is C10H23N3. The van der Waals surface area contributed by atoms with Crippen molar-refractivity contribution in [3.63, 3.8) is 0 Å². The molecule has 0 radical (unpaired) electrons. The molecular weight excluding hydrogens is 162 g/mol. The minimum absolute atomic E-state index is 0.788. The molecule has 0 spiro atoms. The standard InChI is InChI=1S/C10H23N3/c1-12(2)7-8-13-5-3-10(9-11)4-6-13/h10H,3-9,11H2,1-2H3. The topological polar surface area (TPSA) is 32.5 Å². The van der Waals surface area contributed by atoms with Gasteiger partial charge >= 0.3 is 0 Å². The first kappa shape index (κ1) is 11.0. The van der Waals surface area contributed by atoms with Crippen LogP contribution in [0.3, 0.4) is 0 Å². The second-order valence-electron chi connectivity index (χ2n) is 4.32. The van der Waals surface area contributed by atoms with Crippen LogP contribution in [-0.2, 0) is 0 Å². The summed E-state index contributed by atoms with van der Waals surface area (Å²) in [4.78, 5) is 4.79. The van der Waals surface area contributed by atoms with Gasteiger partial charge in [0.25, 0.3) is 0 Å². The van der Waals surface area contributed by atoms with Crippen LogP contribution in [0.2, 0.25) is 0 Å². The summed E-state index contributed by atoms with van der Waals surface area (Å²) in [5, 5.41) is 0. The molecule has 1 fully saturated rings. The molecule has 0 aromatic rings. The normalized spacial score (nSPS) is 21.2. The van der Waals surface area contributed by atoms with E-state index in [9.17, 15) is 0 Å². The Kier molecular flexibility index (Phi) is 4.70. The maximum Gasteiger partial charge on any atom is 0.0109 e. The quantitative estimate of drug-likeness (QED) is 0.680. The smallest absolute Gasteiger partial charge is 0.0109 e. The van der Waals surface area contributed by atoms with Gasteiger partial charge in [-0.25, -0.2) is 0 Å². The highest BCUT2D eigenvalue weighted by atomic mass is 15.2. The van der Waals surface area contributed by atoms with Gasteiger partial charge in [-0.2, -0.15) is 0 Å². The number of likely N-dealkylation sites (tertiary alicyclic amines) is 1. The Labute approximate surface area is 81.9 Å². The van der Waals surface area contributed by atoms with E-state index in [0.717, 1.165) is 12.5 Å². The maximum absolute atomic E-state index is 5.64. The molecule has 0 unspecified atom stereocenters. The summed E-state index contributed by atoms with van der Waals surface area (Å²) >= 11 is 0. The number of hydrogen-bond acceptors (Lipinski definition) is 3. The van der Waals surface area contributed by atoms with Crippen LogP contribution >= 0.6 is 0 Å². The van der Waals surface area contributed by atoms with Crippen LogP contribution in [0.5, 0.6) is 0 Å². The summed E-state index contributed by atoms with van der Waals surface area (Å²) in [5.74, 6) is 0.788. The number of hydrogen-bond donors (Lipinski definition) is 1. The maximum atomic E-state index is 5.64. The molecule has 1 rings (SSSR count). The van der Waals surface area contributed by atoms with Crippen molar-refractivity contribution in [1.82, 2.24) is 9.80 Å². The molecule has 13 heavy (non-hydrogen) atoms. The fourth-order valence-corrected chi connectivity index (χ4v) is 1.79. The summed E-state index contributed by atoms with van der Waals surface area (Å²) < 4.78 is 0. The molecule has 3 nitrogen and oxygen atoms in total. The van der Waals surface area contributed by atoms with Gasteiger partial charge in [0.05, 0.1) is 0 Å². The number of nitrogens with two attached hydrogens (primary N) is 1. The molecule has 0 saturated carbocycles. The third-order valence-corrected chi connectivity index (χ3v) is 2.90. The molecule has 78 valence electrons. The molecule has 2 N–H and O–H groups in total. The molecule has 1 heterocycles. The van der Waals surface area contributed by atoms with Gasteiger partial charge in [-0.05, 0) is 52.5 Å². The van der Waals surface area contributed by atoms with Crippen molar-refractivity contribution in [3.05, 3.63) is 0 Å². The summed E-state index contributed by atoms with van der Waals surface area (Å²) in [5.41, 5.74) is 5.64. The van der Waals surface area contributed by atoms with E-state index in [1.165, 1.54) is 39.0 Å². The van der Waals surface area contributed by atoms with Gasteiger partial charge in [0.15, 0.2) is 0 Å². The van der Waals surface area contributed by atoms with E-state index in [1.54, 1.807) is 0 Å². The highest BCUT2D eigenvalue weighted by molar-refractivity contribution is 4.72. The Morgan fingerprint density at radius 3 is 2.38 bits per heavy atom. The van der Waals surface area contributed by atoms with Crippen molar-refractivity contribution < 1.29 is 0 Å². The molecule has 0 bridgehead atoms. The highest BCUT2D eigenvalue weighted by Crippen LogP contribution is 2.14. The molecule has 0 aromatic heterocycles. The Morgan fingerprint density at radius 1 is 1.31 bits per heavy atom. The van der Waals surface area contributed by atoms with E-state index < -0.39 is 0 Å². The minimum Gasteiger partial charge on any atom is -0.330 e. The molecule has 0 aliphatic carbocycles. The van der Waals surface area contributed by atoms with E-state index in [4.69, 9.17) is 5.73 Å². The van der Waals surface area contributed by atoms with Crippen LogP contribution in [0, 0.1) is 5.92 Å². The van der Waals surface area contributed by atoms with E-state index >= 15 is 0 Å². The van der Waals surface area contributed by atoms with Gasteiger partial charge in [0.1, 0.15) is 0 Å². The molecule has 1 aliphatic heterocycles. The van der Waals surface area contributed by atoms with Crippen molar-refractivity contribution in [1.29, 1.82) is 0 Å². The summed E-state index contributed by atoms with van der Waals surface area (Å²) in [7, 11) is 4.26. The Bertz CT molecular complexity index is 128. The molecule has 0 atom stereocenters. The summed E-state index contributed by atoms with van der Waals surface area (Å²) in [6.45, 7) is 5.75. The average Bonchev–Trinajstić information content (AvgIpc) is 2.15. The van der Waals surface area contributed by atoms with Crippen LogP contribution in [-0.4, -0.2) is 56.6 Å². The second-order valence-corrected chi connectivity index (χ2v) is 4.32. The third kappa shape index (κ3) is 4.07. The fourth-order valence-electron chi connectivity index (χ4n) is 1.79. The zero-order valence-corrected chi connectivity index (χ0v) is 9.00. The zero-order valence-electron chi connectivity index (χ0n) is 9.00. The van der Waals surface area contributed by atoms with Crippen LogP contribution in [0.15, 0.2) is 0 Å². The SMILES string of the molecule is CN(C)CCN1CCC(CN)CC1. The van der Waals surface area contributed by atoms with Gasteiger partial charge in [-0.1, -0.05) is 0 Å². The second kappa shape index (κ2) is 5.58. The lowest BCUT2D eigenvalue weighted by molar-refractivity contribution is 0.173. The van der Waals surface area contributed by atoms with Crippen molar-refractivity contribution in [2.45, 2.75) is 12.8 Å². The third-order valence-electron chi connectivity index (χ3n) is 2.90. The van der Waals surface area contributed by atoms with E-state index in [-0.39, 0.29) is 0 Å². The lowest BCUT2D eigenvalue weighted by Crippen LogP contribution is -2.39. The Hall–Kier alpha value is -0.120. The number of nitrogens with zero attached hydrogens (tertiary/aromatic N) is 2. The lowest BCUT2D eigenvalue weighted by atomic mass is 9.97. The molecule has 3 heteroatoms.